The van der Waals surface area contributed by atoms with Gasteiger partial charge < -0.3 is 15.4 Å². The highest BCUT2D eigenvalue weighted by Crippen LogP contribution is 2.19. The Morgan fingerprint density at radius 1 is 1.00 bits per heavy atom. The lowest BCUT2D eigenvalue weighted by molar-refractivity contribution is 0.0961. The molecule has 8 nitrogen and oxygen atoms in total. The molecule has 0 fully saturated rings. The minimum Gasteiger partial charge on any atom is -0.383 e. The molecule has 2 rings (SSSR count). The Hall–Kier alpha value is -2.75. The normalized spacial score (nSPS) is 11.1. The van der Waals surface area contributed by atoms with Gasteiger partial charge >= 0.3 is 0 Å². The van der Waals surface area contributed by atoms with Crippen molar-refractivity contribution in [3.8, 4) is 0 Å². The lowest BCUT2D eigenvalue weighted by Crippen LogP contribution is -2.27. The number of hydrogen-bond acceptors (Lipinski definition) is 5. The van der Waals surface area contributed by atoms with Crippen LogP contribution in [-0.4, -0.2) is 47.5 Å². The maximum Gasteiger partial charge on any atom is 0.255 e. The van der Waals surface area contributed by atoms with Gasteiger partial charge in [-0.05, 0) is 48.9 Å². The number of methoxy groups -OCH3 is 1. The summed E-state index contributed by atoms with van der Waals surface area (Å²) in [5.41, 5.74) is 2.01. The van der Waals surface area contributed by atoms with Crippen molar-refractivity contribution >= 4 is 27.5 Å². The van der Waals surface area contributed by atoms with Crippen molar-refractivity contribution in [3.05, 3.63) is 59.2 Å². The fraction of sp³-hybridized carbons (Fsp3) is 0.263. The minimum atomic E-state index is -3.66. The summed E-state index contributed by atoms with van der Waals surface area (Å²) in [5, 5.41) is 5.27. The monoisotopic (exact) mass is 405 g/mol. The van der Waals surface area contributed by atoms with Crippen LogP contribution in [0.5, 0.6) is 0 Å². The zero-order chi connectivity index (χ0) is 20.7. The van der Waals surface area contributed by atoms with Crippen molar-refractivity contribution < 1.29 is 22.7 Å². The summed E-state index contributed by atoms with van der Waals surface area (Å²) < 4.78 is 31.5. The van der Waals surface area contributed by atoms with Crippen LogP contribution < -0.4 is 15.4 Å². The molecular weight excluding hydrogens is 382 g/mol. The second-order valence-corrected chi connectivity index (χ2v) is 7.74. The fourth-order valence-corrected chi connectivity index (χ4v) is 3.40. The Balaban J connectivity index is 2.15. The largest absolute Gasteiger partial charge is 0.383 e. The quantitative estimate of drug-likeness (QED) is 0.577. The molecule has 0 bridgehead atoms. The molecule has 0 unspecified atom stereocenters. The number of benzene rings is 2. The van der Waals surface area contributed by atoms with Gasteiger partial charge in [-0.25, -0.2) is 13.1 Å². The van der Waals surface area contributed by atoms with Gasteiger partial charge in [0, 0.05) is 37.5 Å². The van der Waals surface area contributed by atoms with E-state index in [0.717, 1.165) is 5.56 Å². The lowest BCUT2D eigenvalue weighted by atomic mass is 10.1. The zero-order valence-corrected chi connectivity index (χ0v) is 16.7. The number of carbonyl (C=O) groups excluding carboxylic acids is 2. The molecule has 0 aromatic heterocycles. The van der Waals surface area contributed by atoms with Crippen molar-refractivity contribution in [2.24, 2.45) is 0 Å². The van der Waals surface area contributed by atoms with Gasteiger partial charge in [-0.3, -0.25) is 9.59 Å². The summed E-state index contributed by atoms with van der Waals surface area (Å²) in [5.74, 6) is -0.667. The molecule has 2 aromatic rings. The van der Waals surface area contributed by atoms with Gasteiger partial charge in [0.1, 0.15) is 0 Å². The molecule has 2 amide bonds. The molecule has 0 aliphatic rings. The Kier molecular flexibility index (Phi) is 7.27. The van der Waals surface area contributed by atoms with Crippen molar-refractivity contribution in [2.45, 2.75) is 11.8 Å². The highest BCUT2D eigenvalue weighted by Gasteiger charge is 2.15. The maximum atomic E-state index is 12.5. The van der Waals surface area contributed by atoms with E-state index < -0.39 is 15.9 Å². The molecule has 28 heavy (non-hydrogen) atoms. The van der Waals surface area contributed by atoms with Crippen molar-refractivity contribution in [3.63, 3.8) is 0 Å². The predicted molar refractivity (Wildman–Crippen MR) is 106 cm³/mol. The first kappa shape index (κ1) is 21.5. The molecule has 0 saturated carbocycles. The Bertz CT molecular complexity index is 956. The van der Waals surface area contributed by atoms with E-state index in [2.05, 4.69) is 15.4 Å². The van der Waals surface area contributed by atoms with E-state index in [1.54, 1.807) is 18.2 Å². The Labute approximate surface area is 164 Å². The van der Waals surface area contributed by atoms with Crippen molar-refractivity contribution in [1.82, 2.24) is 10.0 Å². The SMILES string of the molecule is CNC(=O)c1ccc(C)c(NC(=O)c2ccc(S(=O)(=O)NCCOC)cc2)c1. The first-order valence-electron chi connectivity index (χ1n) is 8.51. The van der Waals surface area contributed by atoms with Crippen LogP contribution in [0.25, 0.3) is 0 Å². The number of nitrogens with one attached hydrogen (secondary N) is 3. The van der Waals surface area contributed by atoms with Crippen LogP contribution in [0.15, 0.2) is 47.4 Å². The van der Waals surface area contributed by atoms with E-state index in [1.165, 1.54) is 38.4 Å². The number of ether oxygens (including phenoxy) is 1. The van der Waals surface area contributed by atoms with E-state index in [-0.39, 0.29) is 24.0 Å². The van der Waals surface area contributed by atoms with Crippen LogP contribution in [0.3, 0.4) is 0 Å². The molecule has 0 aliphatic heterocycles. The third-order valence-electron chi connectivity index (χ3n) is 4.00. The molecule has 0 heterocycles. The smallest absolute Gasteiger partial charge is 0.255 e. The van der Waals surface area contributed by atoms with Crippen molar-refractivity contribution in [2.75, 3.05) is 32.6 Å². The van der Waals surface area contributed by atoms with E-state index >= 15 is 0 Å². The van der Waals surface area contributed by atoms with E-state index in [1.807, 2.05) is 6.92 Å². The number of sulfonamides is 1. The maximum absolute atomic E-state index is 12.5. The summed E-state index contributed by atoms with van der Waals surface area (Å²) in [4.78, 5) is 24.3. The highest BCUT2D eigenvalue weighted by molar-refractivity contribution is 7.89. The summed E-state index contributed by atoms with van der Waals surface area (Å²) in [6, 6.07) is 10.6. The topological polar surface area (TPSA) is 114 Å². The van der Waals surface area contributed by atoms with Crippen LogP contribution >= 0.6 is 0 Å². The number of amides is 2. The number of aryl methyl sites for hydroxylation is 1. The molecule has 0 atom stereocenters. The van der Waals surface area contributed by atoms with Crippen LogP contribution in [0.1, 0.15) is 26.3 Å². The number of hydrogen-bond donors (Lipinski definition) is 3. The molecule has 3 N–H and O–H groups in total. The molecule has 0 spiro atoms. The number of carbonyl (C=O) groups is 2. The van der Waals surface area contributed by atoms with Crippen LogP contribution in [0, 0.1) is 6.92 Å². The van der Waals surface area contributed by atoms with Crippen LogP contribution in [0.4, 0.5) is 5.69 Å². The number of rotatable bonds is 8. The summed E-state index contributed by atoms with van der Waals surface area (Å²) >= 11 is 0. The van der Waals surface area contributed by atoms with Crippen LogP contribution in [-0.2, 0) is 14.8 Å². The molecule has 150 valence electrons. The first-order chi connectivity index (χ1) is 13.3. The van der Waals surface area contributed by atoms with E-state index in [4.69, 9.17) is 4.74 Å². The number of anilines is 1. The highest BCUT2D eigenvalue weighted by atomic mass is 32.2. The first-order valence-corrected chi connectivity index (χ1v) is 9.99. The van der Waals surface area contributed by atoms with Gasteiger partial charge in [0.05, 0.1) is 11.5 Å². The molecule has 0 radical (unpaired) electrons. The minimum absolute atomic E-state index is 0.0537. The molecule has 0 aliphatic carbocycles. The molecule has 9 heteroatoms. The predicted octanol–water partition coefficient (Wildman–Crippen LogP) is 1.53. The lowest BCUT2D eigenvalue weighted by Gasteiger charge is -2.11. The second-order valence-electron chi connectivity index (χ2n) is 5.98. The third kappa shape index (κ3) is 5.38. The Morgan fingerprint density at radius 2 is 1.64 bits per heavy atom. The van der Waals surface area contributed by atoms with Gasteiger partial charge in [-0.1, -0.05) is 6.07 Å². The van der Waals surface area contributed by atoms with Gasteiger partial charge in [-0.15, -0.1) is 0 Å². The summed E-state index contributed by atoms with van der Waals surface area (Å²) in [7, 11) is -0.657. The van der Waals surface area contributed by atoms with E-state index in [9.17, 15) is 18.0 Å². The van der Waals surface area contributed by atoms with Gasteiger partial charge in [-0.2, -0.15) is 0 Å². The summed E-state index contributed by atoms with van der Waals surface area (Å²) in [6.45, 7) is 2.22. The standard InChI is InChI=1S/C19H23N3O5S/c1-13-4-5-15(18(23)20-2)12-17(13)22-19(24)14-6-8-16(9-7-14)28(25,26)21-10-11-27-3/h4-9,12,21H,10-11H2,1-3H3,(H,20,23)(H,22,24). The van der Waals surface area contributed by atoms with Crippen molar-refractivity contribution in [1.29, 1.82) is 0 Å². The fourth-order valence-electron chi connectivity index (χ4n) is 2.38. The molecule has 0 saturated heterocycles. The average Bonchev–Trinajstić information content (AvgIpc) is 2.69. The Morgan fingerprint density at radius 3 is 2.25 bits per heavy atom. The van der Waals surface area contributed by atoms with Gasteiger partial charge in [0.2, 0.25) is 10.0 Å². The van der Waals surface area contributed by atoms with E-state index in [0.29, 0.717) is 16.8 Å². The second kappa shape index (κ2) is 9.45. The zero-order valence-electron chi connectivity index (χ0n) is 15.9. The summed E-state index contributed by atoms with van der Waals surface area (Å²) in [6.07, 6.45) is 0. The molecule has 2 aromatic carbocycles. The third-order valence-corrected chi connectivity index (χ3v) is 5.48. The van der Waals surface area contributed by atoms with Gasteiger partial charge in [0.15, 0.2) is 0 Å². The molecular formula is C19H23N3O5S. The average molecular weight is 405 g/mol. The van der Waals surface area contributed by atoms with Gasteiger partial charge in [0.25, 0.3) is 11.8 Å². The van der Waals surface area contributed by atoms with Crippen LogP contribution in [0.2, 0.25) is 0 Å².